The van der Waals surface area contributed by atoms with Crippen LogP contribution in [0.15, 0.2) is 48.5 Å². The summed E-state index contributed by atoms with van der Waals surface area (Å²) in [7, 11) is 0. The predicted molar refractivity (Wildman–Crippen MR) is 119 cm³/mol. The largest absolute Gasteiger partial charge is 0.457 e. The van der Waals surface area contributed by atoms with E-state index in [2.05, 4.69) is 4.90 Å². The van der Waals surface area contributed by atoms with Crippen LogP contribution in [0.3, 0.4) is 0 Å². The molecule has 2 aromatic carbocycles. The summed E-state index contributed by atoms with van der Waals surface area (Å²) >= 11 is 0. The number of carbonyl (C=O) groups excluding carboxylic acids is 1. The molecule has 8 heteroatoms. The van der Waals surface area contributed by atoms with E-state index in [0.29, 0.717) is 30.3 Å². The lowest BCUT2D eigenvalue weighted by atomic mass is 9.89. The van der Waals surface area contributed by atoms with Crippen molar-refractivity contribution in [2.24, 2.45) is 5.92 Å². The first-order valence-corrected chi connectivity index (χ1v) is 11.5. The molecule has 1 aliphatic carbocycles. The van der Waals surface area contributed by atoms with Gasteiger partial charge in [-0.25, -0.2) is 4.79 Å². The third-order valence-electron chi connectivity index (χ3n) is 6.32. The topological polar surface area (TPSA) is 42.0 Å². The molecule has 1 heterocycles. The highest BCUT2D eigenvalue weighted by Gasteiger charge is 2.30. The van der Waals surface area contributed by atoms with Gasteiger partial charge >= 0.3 is 12.3 Å². The Bertz CT molecular complexity index is 902. The van der Waals surface area contributed by atoms with Crippen LogP contribution in [0.5, 0.6) is 17.2 Å². The summed E-state index contributed by atoms with van der Waals surface area (Å²) in [6, 6.07) is 10.9. The van der Waals surface area contributed by atoms with Gasteiger partial charge in [0.05, 0.1) is 5.56 Å². The van der Waals surface area contributed by atoms with E-state index in [0.717, 1.165) is 37.7 Å². The SMILES string of the molecule is O=C(Oc1ccc(Oc2ccc(C(F)(F)F)cc2)cc1)N1CCN(CC2CCCCC2)CC1. The first-order chi connectivity index (χ1) is 15.9. The van der Waals surface area contributed by atoms with Crippen LogP contribution in [0, 0.1) is 5.92 Å². The van der Waals surface area contributed by atoms with E-state index in [1.807, 2.05) is 0 Å². The van der Waals surface area contributed by atoms with Gasteiger partial charge < -0.3 is 14.4 Å². The monoisotopic (exact) mass is 462 g/mol. The van der Waals surface area contributed by atoms with Gasteiger partial charge in [0.15, 0.2) is 0 Å². The second-order valence-electron chi connectivity index (χ2n) is 8.76. The highest BCUT2D eigenvalue weighted by atomic mass is 19.4. The van der Waals surface area contributed by atoms with Crippen LogP contribution in [-0.2, 0) is 6.18 Å². The normalized spacial score (nSPS) is 18.2. The Morgan fingerprint density at radius 2 is 1.36 bits per heavy atom. The number of amides is 1. The lowest BCUT2D eigenvalue weighted by Crippen LogP contribution is -2.50. The minimum absolute atomic E-state index is 0.291. The molecule has 1 aliphatic heterocycles. The number of benzene rings is 2. The van der Waals surface area contributed by atoms with E-state index in [1.54, 1.807) is 29.2 Å². The summed E-state index contributed by atoms with van der Waals surface area (Å²) in [6.45, 7) is 4.17. The molecule has 1 amide bonds. The number of piperazine rings is 1. The Morgan fingerprint density at radius 3 is 1.94 bits per heavy atom. The van der Waals surface area contributed by atoms with Gasteiger partial charge in [0.25, 0.3) is 0 Å². The van der Waals surface area contributed by atoms with E-state index in [-0.39, 0.29) is 6.09 Å². The first-order valence-electron chi connectivity index (χ1n) is 11.5. The van der Waals surface area contributed by atoms with Crippen LogP contribution in [0.4, 0.5) is 18.0 Å². The Labute approximate surface area is 192 Å². The predicted octanol–water partition coefficient (Wildman–Crippen LogP) is 6.19. The van der Waals surface area contributed by atoms with Gasteiger partial charge in [-0.15, -0.1) is 0 Å². The van der Waals surface area contributed by atoms with Crippen molar-refractivity contribution in [3.8, 4) is 17.2 Å². The number of ether oxygens (including phenoxy) is 2. The molecule has 1 saturated heterocycles. The zero-order valence-corrected chi connectivity index (χ0v) is 18.5. The van der Waals surface area contributed by atoms with Crippen molar-refractivity contribution in [2.45, 2.75) is 38.3 Å². The second-order valence-corrected chi connectivity index (χ2v) is 8.76. The number of hydrogen-bond donors (Lipinski definition) is 0. The minimum atomic E-state index is -4.38. The van der Waals surface area contributed by atoms with E-state index in [1.165, 1.54) is 44.2 Å². The van der Waals surface area contributed by atoms with Crippen LogP contribution in [0.1, 0.15) is 37.7 Å². The number of rotatable bonds is 5. The molecule has 178 valence electrons. The van der Waals surface area contributed by atoms with Gasteiger partial charge in [-0.2, -0.15) is 13.2 Å². The maximum absolute atomic E-state index is 12.7. The highest BCUT2D eigenvalue weighted by Crippen LogP contribution is 2.32. The summed E-state index contributed by atoms with van der Waals surface area (Å²) in [5.74, 6) is 1.91. The van der Waals surface area contributed by atoms with Gasteiger partial charge in [0.1, 0.15) is 17.2 Å². The zero-order chi connectivity index (χ0) is 23.3. The highest BCUT2D eigenvalue weighted by molar-refractivity contribution is 5.70. The van der Waals surface area contributed by atoms with Crippen molar-refractivity contribution in [1.82, 2.24) is 9.80 Å². The Morgan fingerprint density at radius 1 is 0.818 bits per heavy atom. The summed E-state index contributed by atoms with van der Waals surface area (Å²) in [5, 5.41) is 0. The molecule has 33 heavy (non-hydrogen) atoms. The number of halogens is 3. The minimum Gasteiger partial charge on any atom is -0.457 e. The average Bonchev–Trinajstić information content (AvgIpc) is 2.81. The van der Waals surface area contributed by atoms with Gasteiger partial charge in [-0.3, -0.25) is 4.90 Å². The fourth-order valence-corrected chi connectivity index (χ4v) is 4.44. The van der Waals surface area contributed by atoms with Crippen molar-refractivity contribution in [3.05, 3.63) is 54.1 Å². The van der Waals surface area contributed by atoms with Crippen molar-refractivity contribution in [3.63, 3.8) is 0 Å². The van der Waals surface area contributed by atoms with Crippen LogP contribution < -0.4 is 9.47 Å². The number of alkyl halides is 3. The standard InChI is InChI=1S/C25H29F3N2O3/c26-25(27,28)20-6-8-21(9-7-20)32-22-10-12-23(13-11-22)33-24(31)30-16-14-29(15-17-30)18-19-4-2-1-3-5-19/h6-13,19H,1-5,14-18H2. The lowest BCUT2D eigenvalue weighted by molar-refractivity contribution is -0.137. The molecule has 0 aromatic heterocycles. The molecule has 5 nitrogen and oxygen atoms in total. The van der Waals surface area contributed by atoms with E-state index < -0.39 is 11.7 Å². The van der Waals surface area contributed by atoms with Crippen LogP contribution >= 0.6 is 0 Å². The van der Waals surface area contributed by atoms with Crippen LogP contribution in [0.2, 0.25) is 0 Å². The third kappa shape index (κ3) is 6.63. The number of carbonyl (C=O) groups is 1. The van der Waals surface area contributed by atoms with Crippen molar-refractivity contribution in [2.75, 3.05) is 32.7 Å². The van der Waals surface area contributed by atoms with Gasteiger partial charge in [-0.05, 0) is 67.3 Å². The van der Waals surface area contributed by atoms with Crippen LogP contribution in [0.25, 0.3) is 0 Å². The Kier molecular flexibility index (Phi) is 7.42. The Balaban J connectivity index is 1.23. The average molecular weight is 463 g/mol. The van der Waals surface area contributed by atoms with Crippen molar-refractivity contribution in [1.29, 1.82) is 0 Å². The molecular weight excluding hydrogens is 433 g/mol. The lowest BCUT2D eigenvalue weighted by Gasteiger charge is -2.36. The van der Waals surface area contributed by atoms with Gasteiger partial charge in [0.2, 0.25) is 0 Å². The molecule has 0 unspecified atom stereocenters. The maximum Gasteiger partial charge on any atom is 0.416 e. The molecule has 0 spiro atoms. The summed E-state index contributed by atoms with van der Waals surface area (Å²) in [6.07, 6.45) is 1.92. The van der Waals surface area contributed by atoms with Gasteiger partial charge in [-0.1, -0.05) is 19.3 Å². The molecule has 2 aliphatic rings. The molecule has 0 N–H and O–H groups in total. The number of hydrogen-bond acceptors (Lipinski definition) is 4. The van der Waals surface area contributed by atoms with Crippen LogP contribution in [-0.4, -0.2) is 48.6 Å². The molecule has 0 radical (unpaired) electrons. The fraction of sp³-hybridized carbons (Fsp3) is 0.480. The van der Waals surface area contributed by atoms with E-state index in [4.69, 9.17) is 9.47 Å². The summed E-state index contributed by atoms with van der Waals surface area (Å²) in [4.78, 5) is 16.7. The Hall–Kier alpha value is -2.74. The number of nitrogens with zero attached hydrogens (tertiary/aromatic N) is 2. The molecule has 0 atom stereocenters. The second kappa shape index (κ2) is 10.5. The summed E-state index contributed by atoms with van der Waals surface area (Å²) < 4.78 is 49.0. The molecule has 0 bridgehead atoms. The smallest absolute Gasteiger partial charge is 0.416 e. The molecule has 2 aromatic rings. The quantitative estimate of drug-likeness (QED) is 0.531. The molecule has 4 rings (SSSR count). The van der Waals surface area contributed by atoms with Crippen molar-refractivity contribution >= 4 is 6.09 Å². The summed E-state index contributed by atoms with van der Waals surface area (Å²) in [5.41, 5.74) is -0.730. The van der Waals surface area contributed by atoms with E-state index in [9.17, 15) is 18.0 Å². The molecule has 2 fully saturated rings. The van der Waals surface area contributed by atoms with Crippen molar-refractivity contribution < 1.29 is 27.4 Å². The third-order valence-corrected chi connectivity index (χ3v) is 6.32. The van der Waals surface area contributed by atoms with Gasteiger partial charge in [0, 0.05) is 32.7 Å². The molecular formula is C25H29F3N2O3. The fourth-order valence-electron chi connectivity index (χ4n) is 4.44. The first kappa shape index (κ1) is 23.4. The maximum atomic E-state index is 12.7. The zero-order valence-electron chi connectivity index (χ0n) is 18.5. The van der Waals surface area contributed by atoms with E-state index >= 15 is 0 Å². The molecule has 1 saturated carbocycles.